The van der Waals surface area contributed by atoms with Crippen molar-refractivity contribution in [3.63, 3.8) is 0 Å². The molecule has 1 aliphatic rings. The smallest absolute Gasteiger partial charge is 0.329 e. The number of hydrogen-bond donors (Lipinski definition) is 0. The molecule has 7 nitrogen and oxygen atoms in total. The summed E-state index contributed by atoms with van der Waals surface area (Å²) < 4.78 is 11.0. The van der Waals surface area contributed by atoms with Crippen LogP contribution in [0.15, 0.2) is 59.0 Å². The molecule has 2 amide bonds. The molecule has 146 valence electrons. The Morgan fingerprint density at radius 1 is 1.03 bits per heavy atom. The van der Waals surface area contributed by atoms with Gasteiger partial charge in [-0.05, 0) is 38.1 Å². The summed E-state index contributed by atoms with van der Waals surface area (Å²) in [6.45, 7) is 3.08. The fourth-order valence-corrected chi connectivity index (χ4v) is 3.19. The quantitative estimate of drug-likeness (QED) is 0.490. The summed E-state index contributed by atoms with van der Waals surface area (Å²) >= 11 is 0. The minimum absolute atomic E-state index is 0.117. The van der Waals surface area contributed by atoms with Crippen LogP contribution < -0.4 is 0 Å². The fourth-order valence-electron chi connectivity index (χ4n) is 3.19. The van der Waals surface area contributed by atoms with Crippen molar-refractivity contribution < 1.29 is 23.5 Å². The predicted octanol–water partition coefficient (Wildman–Crippen LogP) is 3.38. The first kappa shape index (κ1) is 18.6. The molecule has 0 spiro atoms. The van der Waals surface area contributed by atoms with E-state index >= 15 is 0 Å². The van der Waals surface area contributed by atoms with Crippen LogP contribution in [0, 0.1) is 6.92 Å². The summed E-state index contributed by atoms with van der Waals surface area (Å²) in [5, 5.41) is 0. The number of amides is 2. The Kier molecular flexibility index (Phi) is 4.72. The molecule has 1 aromatic heterocycles. The molecule has 2 aromatic carbocycles. The first-order valence-corrected chi connectivity index (χ1v) is 9.12. The van der Waals surface area contributed by atoms with Crippen molar-refractivity contribution in [1.82, 2.24) is 9.88 Å². The van der Waals surface area contributed by atoms with Gasteiger partial charge in [-0.15, -0.1) is 0 Å². The van der Waals surface area contributed by atoms with Gasteiger partial charge in [0.2, 0.25) is 5.89 Å². The molecule has 0 fully saturated rings. The molecule has 1 atom stereocenters. The maximum Gasteiger partial charge on any atom is 0.329 e. The van der Waals surface area contributed by atoms with Crippen LogP contribution in [0.3, 0.4) is 0 Å². The van der Waals surface area contributed by atoms with E-state index < -0.39 is 23.8 Å². The Morgan fingerprint density at radius 2 is 1.62 bits per heavy atom. The second kappa shape index (κ2) is 7.35. The third-order valence-electron chi connectivity index (χ3n) is 4.82. The van der Waals surface area contributed by atoms with Crippen molar-refractivity contribution in [2.24, 2.45) is 0 Å². The van der Waals surface area contributed by atoms with Gasteiger partial charge in [0.05, 0.1) is 11.1 Å². The van der Waals surface area contributed by atoms with E-state index in [0.29, 0.717) is 17.3 Å². The van der Waals surface area contributed by atoms with E-state index in [2.05, 4.69) is 4.98 Å². The first-order valence-electron chi connectivity index (χ1n) is 9.12. The average Bonchev–Trinajstić information content (AvgIpc) is 3.24. The molecular formula is C22H18N2O5. The van der Waals surface area contributed by atoms with E-state index in [9.17, 15) is 14.4 Å². The number of aryl methyl sites for hydroxylation is 1. The highest BCUT2D eigenvalue weighted by molar-refractivity contribution is 6.22. The molecular weight excluding hydrogens is 372 g/mol. The highest BCUT2D eigenvalue weighted by atomic mass is 16.5. The van der Waals surface area contributed by atoms with E-state index in [4.69, 9.17) is 9.15 Å². The normalized spacial score (nSPS) is 14.1. The Labute approximate surface area is 166 Å². The molecule has 0 aliphatic carbocycles. The number of nitrogens with zero attached hydrogens (tertiary/aromatic N) is 2. The molecule has 0 bridgehead atoms. The van der Waals surface area contributed by atoms with E-state index in [0.717, 1.165) is 10.5 Å². The monoisotopic (exact) mass is 390 g/mol. The Balaban J connectivity index is 1.45. The second-order valence-electron chi connectivity index (χ2n) is 6.70. The van der Waals surface area contributed by atoms with Gasteiger partial charge in [-0.3, -0.25) is 14.5 Å². The molecule has 0 N–H and O–H groups in total. The number of hydrogen-bond acceptors (Lipinski definition) is 6. The minimum Gasteiger partial charge on any atom is -0.457 e. The zero-order valence-electron chi connectivity index (χ0n) is 15.9. The minimum atomic E-state index is -1.05. The lowest BCUT2D eigenvalue weighted by Crippen LogP contribution is -2.43. The van der Waals surface area contributed by atoms with Gasteiger partial charge in [-0.25, -0.2) is 9.78 Å². The van der Waals surface area contributed by atoms with Crippen molar-refractivity contribution >= 4 is 17.8 Å². The summed E-state index contributed by atoms with van der Waals surface area (Å²) in [5.41, 5.74) is 1.87. The maximum absolute atomic E-state index is 12.5. The number of carbonyl (C=O) groups is 3. The summed E-state index contributed by atoms with van der Waals surface area (Å²) in [5.74, 6) is -0.728. The van der Waals surface area contributed by atoms with Gasteiger partial charge in [0.1, 0.15) is 24.1 Å². The van der Waals surface area contributed by atoms with Gasteiger partial charge >= 0.3 is 5.97 Å². The van der Waals surface area contributed by atoms with Crippen molar-refractivity contribution in [3.8, 4) is 11.5 Å². The molecule has 4 rings (SSSR count). The predicted molar refractivity (Wildman–Crippen MR) is 103 cm³/mol. The molecule has 2 heterocycles. The largest absolute Gasteiger partial charge is 0.457 e. The lowest BCUT2D eigenvalue weighted by atomic mass is 10.1. The van der Waals surface area contributed by atoms with Crippen molar-refractivity contribution in [1.29, 1.82) is 0 Å². The van der Waals surface area contributed by atoms with Gasteiger partial charge in [-0.2, -0.15) is 0 Å². The van der Waals surface area contributed by atoms with Crippen LogP contribution in [0.5, 0.6) is 0 Å². The molecule has 0 radical (unpaired) electrons. The number of oxazole rings is 1. The van der Waals surface area contributed by atoms with Gasteiger partial charge in [0.25, 0.3) is 11.8 Å². The first-order chi connectivity index (χ1) is 14.0. The second-order valence-corrected chi connectivity index (χ2v) is 6.70. The fraction of sp³-hybridized carbons (Fsp3) is 0.182. The SMILES string of the molecule is Cc1oc(-c2ccccc2)nc1COC(=O)[C@H](C)N1C(=O)c2ccccc2C1=O. The number of esters is 1. The maximum atomic E-state index is 12.5. The number of imide groups is 1. The standard InChI is InChI=1S/C22H18N2O5/c1-13(24-20(25)16-10-6-7-11-17(16)21(24)26)22(27)28-12-18-14(2)29-19(23-18)15-8-4-3-5-9-15/h3-11,13H,12H2,1-2H3/t13-/m0/s1. The topological polar surface area (TPSA) is 89.7 Å². The van der Waals surface area contributed by atoms with E-state index in [1.54, 1.807) is 31.2 Å². The van der Waals surface area contributed by atoms with E-state index in [1.807, 2.05) is 30.3 Å². The molecule has 29 heavy (non-hydrogen) atoms. The molecule has 7 heteroatoms. The molecule has 3 aromatic rings. The Morgan fingerprint density at radius 3 is 2.24 bits per heavy atom. The number of ether oxygens (including phenoxy) is 1. The van der Waals surface area contributed by atoms with Crippen LogP contribution in [-0.2, 0) is 16.1 Å². The molecule has 1 aliphatic heterocycles. The van der Waals surface area contributed by atoms with E-state index in [-0.39, 0.29) is 17.7 Å². The zero-order valence-corrected chi connectivity index (χ0v) is 15.9. The van der Waals surface area contributed by atoms with Crippen LogP contribution in [0.1, 0.15) is 39.1 Å². The van der Waals surface area contributed by atoms with Gasteiger partial charge in [0.15, 0.2) is 0 Å². The van der Waals surface area contributed by atoms with E-state index in [1.165, 1.54) is 6.92 Å². The van der Waals surface area contributed by atoms with Gasteiger partial charge in [-0.1, -0.05) is 30.3 Å². The molecule has 0 unspecified atom stereocenters. The number of fused-ring (bicyclic) bond motifs is 1. The average molecular weight is 390 g/mol. The summed E-state index contributed by atoms with van der Waals surface area (Å²) in [6.07, 6.45) is 0. The third-order valence-corrected chi connectivity index (χ3v) is 4.82. The number of rotatable bonds is 5. The lowest BCUT2D eigenvalue weighted by molar-refractivity contribution is -0.149. The molecule has 0 saturated carbocycles. The van der Waals surface area contributed by atoms with Crippen molar-refractivity contribution in [3.05, 3.63) is 77.2 Å². The number of aromatic nitrogens is 1. The van der Waals surface area contributed by atoms with Gasteiger partial charge in [0, 0.05) is 5.56 Å². The van der Waals surface area contributed by atoms with Crippen LogP contribution in [0.25, 0.3) is 11.5 Å². The zero-order chi connectivity index (χ0) is 20.5. The van der Waals surface area contributed by atoms with Crippen LogP contribution in [0.4, 0.5) is 0 Å². The summed E-state index contributed by atoms with van der Waals surface area (Å²) in [6, 6.07) is 14.8. The Bertz CT molecular complexity index is 1070. The van der Waals surface area contributed by atoms with Crippen LogP contribution in [-0.4, -0.2) is 33.7 Å². The summed E-state index contributed by atoms with van der Waals surface area (Å²) in [4.78, 5) is 42.8. The van der Waals surface area contributed by atoms with Crippen LogP contribution >= 0.6 is 0 Å². The van der Waals surface area contributed by atoms with Crippen molar-refractivity contribution in [2.45, 2.75) is 26.5 Å². The van der Waals surface area contributed by atoms with Crippen LogP contribution in [0.2, 0.25) is 0 Å². The van der Waals surface area contributed by atoms with Crippen molar-refractivity contribution in [2.75, 3.05) is 0 Å². The molecule has 0 saturated heterocycles. The lowest BCUT2D eigenvalue weighted by Gasteiger charge is -2.20. The van der Waals surface area contributed by atoms with Gasteiger partial charge < -0.3 is 9.15 Å². The highest BCUT2D eigenvalue weighted by Crippen LogP contribution is 2.25. The highest BCUT2D eigenvalue weighted by Gasteiger charge is 2.41. The number of carbonyl (C=O) groups excluding carboxylic acids is 3. The summed E-state index contributed by atoms with van der Waals surface area (Å²) in [7, 11) is 0. The number of benzene rings is 2. The third kappa shape index (κ3) is 3.31. The Hall–Kier alpha value is -3.74.